The van der Waals surface area contributed by atoms with Crippen LogP contribution in [0.2, 0.25) is 0 Å². The monoisotopic (exact) mass is 1080 g/mol. The first-order valence-electron chi connectivity index (χ1n) is 24.4. The maximum absolute atomic E-state index is 4.88. The number of hydrogen-bond acceptors (Lipinski definition) is 1. The van der Waals surface area contributed by atoms with Crippen LogP contribution < -0.4 is 4.57 Å². The summed E-state index contributed by atoms with van der Waals surface area (Å²) >= 11 is 0. The molecule has 0 aliphatic carbocycles. The van der Waals surface area contributed by atoms with Crippen molar-refractivity contribution in [3.05, 3.63) is 218 Å². The summed E-state index contributed by atoms with van der Waals surface area (Å²) in [6.07, 6.45) is 11.0. The van der Waals surface area contributed by atoms with Gasteiger partial charge >= 0.3 is 20.1 Å². The average Bonchev–Trinajstić information content (AvgIpc) is 4.03. The molecule has 0 atom stereocenters. The van der Waals surface area contributed by atoms with E-state index in [0.717, 1.165) is 55.1 Å². The van der Waals surface area contributed by atoms with E-state index in [-0.39, 0.29) is 20.1 Å². The van der Waals surface area contributed by atoms with Gasteiger partial charge in [0.15, 0.2) is 0 Å². The van der Waals surface area contributed by atoms with Crippen molar-refractivity contribution in [3.8, 4) is 28.5 Å². The first kappa shape index (κ1) is 49.8. The summed E-state index contributed by atoms with van der Waals surface area (Å²) in [6, 6.07) is 46.1. The molecule has 3 heterocycles. The van der Waals surface area contributed by atoms with Crippen molar-refractivity contribution in [3.63, 3.8) is 0 Å². The van der Waals surface area contributed by atoms with Crippen molar-refractivity contribution < 1.29 is 24.7 Å². The van der Waals surface area contributed by atoms with Crippen molar-refractivity contribution >= 4 is 21.8 Å². The third-order valence-electron chi connectivity index (χ3n) is 13.5. The van der Waals surface area contributed by atoms with Crippen LogP contribution >= 0.6 is 0 Å². The van der Waals surface area contributed by atoms with Gasteiger partial charge in [0.25, 0.3) is 0 Å². The van der Waals surface area contributed by atoms with Crippen LogP contribution in [0.1, 0.15) is 130 Å². The van der Waals surface area contributed by atoms with E-state index >= 15 is 0 Å². The Labute approximate surface area is 420 Å². The molecule has 0 bridgehead atoms. The fourth-order valence-corrected chi connectivity index (χ4v) is 10.2. The second-order valence-corrected chi connectivity index (χ2v) is 19.3. The quantitative estimate of drug-likeness (QED) is 0.0789. The number of aromatic nitrogens is 5. The molecule has 0 spiro atoms. The van der Waals surface area contributed by atoms with Crippen molar-refractivity contribution in [2.75, 3.05) is 0 Å². The molecule has 9 aromatic rings. The maximum atomic E-state index is 4.88. The molecule has 3 aromatic heterocycles. The first-order chi connectivity index (χ1) is 32.4. The van der Waals surface area contributed by atoms with E-state index in [1.54, 1.807) is 0 Å². The minimum Gasteiger partial charge on any atom is -0.379 e. The SMILES string of the molecule is [CH2-]CCc1cc(-n2c3ccccc3c3ccccc32)ccc1-c1nccn1CCc1c(C(C)C)cccc1C(C)C.[CH2-]c1ccccc1-c1n(Cc2c(C(C)C)cccc2C(C)C)cc[n+]1[CH2-].[Ir+3]. The van der Waals surface area contributed by atoms with Gasteiger partial charge in [-0.15, -0.1) is 12.1 Å². The Morgan fingerprint density at radius 3 is 1.68 bits per heavy atom. The molecule has 0 aliphatic heterocycles. The number of benzene rings is 6. The van der Waals surface area contributed by atoms with Gasteiger partial charge in [-0.3, -0.25) is 0 Å². The van der Waals surface area contributed by atoms with Gasteiger partial charge in [0.1, 0.15) is 18.2 Å². The van der Waals surface area contributed by atoms with Crippen LogP contribution in [0, 0.1) is 20.9 Å². The molecule has 6 aromatic carbocycles. The Morgan fingerprint density at radius 2 is 1.12 bits per heavy atom. The number of nitrogens with zero attached hydrogens (tertiary/aromatic N) is 5. The third kappa shape index (κ3) is 10.2. The standard InChI is InChI=1S/C38H40N3.C24H29N2.Ir/c1-6-12-28-25-29(41-36-17-9-7-13-34(36)35-14-8-10-18-37(35)41)19-20-32(28)38-39-22-24-40(38)23-21-33-30(26(2)3)15-11-16-31(33)27(4)5;1-17(2)20-12-9-13-21(18(3)4)23(20)16-26-15-14-25(6)24(26)22-11-8-7-10-19(22)5;/h7-11,13-20,22,24-27H,1,6,12,21,23H2,2-5H3;7-15,17-18H,5-6,16H2,1-4H3;/q2*-1;+3. The number of imidazole rings is 2. The Kier molecular flexibility index (Phi) is 16.1. The van der Waals surface area contributed by atoms with Gasteiger partial charge in [0.05, 0.1) is 17.2 Å². The number of rotatable bonds is 14. The molecular formula is C62H69IrN5+. The third-order valence-corrected chi connectivity index (χ3v) is 13.5. The van der Waals surface area contributed by atoms with E-state index in [2.05, 4.69) is 218 Å². The van der Waals surface area contributed by atoms with Gasteiger partial charge in [-0.1, -0.05) is 146 Å². The van der Waals surface area contributed by atoms with Crippen LogP contribution in [0.4, 0.5) is 0 Å². The van der Waals surface area contributed by atoms with E-state index in [4.69, 9.17) is 4.98 Å². The molecule has 5 nitrogen and oxygen atoms in total. The molecule has 0 amide bonds. The zero-order valence-electron chi connectivity index (χ0n) is 41.5. The number of para-hydroxylation sites is 2. The van der Waals surface area contributed by atoms with Crippen LogP contribution in [-0.2, 0) is 46.0 Å². The minimum atomic E-state index is 0. The Bertz CT molecular complexity index is 3010. The molecule has 0 saturated carbocycles. The summed E-state index contributed by atoms with van der Waals surface area (Å²) in [6.45, 7) is 28.4. The summed E-state index contributed by atoms with van der Waals surface area (Å²) in [5, 5.41) is 2.56. The van der Waals surface area contributed by atoms with Crippen molar-refractivity contribution in [2.45, 2.75) is 111 Å². The van der Waals surface area contributed by atoms with Crippen LogP contribution in [0.15, 0.2) is 152 Å². The van der Waals surface area contributed by atoms with E-state index in [1.165, 1.54) is 72.0 Å². The van der Waals surface area contributed by atoms with E-state index in [1.807, 2.05) is 29.1 Å². The molecule has 68 heavy (non-hydrogen) atoms. The Hall–Kier alpha value is -6.07. The molecular weight excluding hydrogens is 1010 g/mol. The largest absolute Gasteiger partial charge is 3.00 e. The molecule has 0 unspecified atom stereocenters. The smallest absolute Gasteiger partial charge is 0.379 e. The Balaban J connectivity index is 0.000000219. The predicted octanol–water partition coefficient (Wildman–Crippen LogP) is 15.5. The van der Waals surface area contributed by atoms with Crippen molar-refractivity contribution in [1.29, 1.82) is 0 Å². The molecule has 0 radical (unpaired) electrons. The number of fused-ring (bicyclic) bond motifs is 3. The second kappa shape index (κ2) is 21.9. The van der Waals surface area contributed by atoms with Gasteiger partial charge in [0.2, 0.25) is 0 Å². The maximum Gasteiger partial charge on any atom is 3.00 e. The van der Waals surface area contributed by atoms with Gasteiger partial charge in [-0.2, -0.15) is 25.0 Å². The van der Waals surface area contributed by atoms with E-state index < -0.39 is 0 Å². The summed E-state index contributed by atoms with van der Waals surface area (Å²) in [5.41, 5.74) is 17.0. The molecule has 0 N–H and O–H groups in total. The van der Waals surface area contributed by atoms with Crippen molar-refractivity contribution in [1.82, 2.24) is 18.7 Å². The fourth-order valence-electron chi connectivity index (χ4n) is 10.2. The number of aryl methyl sites for hydroxylation is 2. The van der Waals surface area contributed by atoms with Crippen molar-refractivity contribution in [2.24, 2.45) is 0 Å². The van der Waals surface area contributed by atoms with Gasteiger partial charge in [0, 0.05) is 47.2 Å². The topological polar surface area (TPSA) is 31.6 Å². The zero-order valence-corrected chi connectivity index (χ0v) is 43.9. The van der Waals surface area contributed by atoms with Gasteiger partial charge < -0.3 is 25.2 Å². The summed E-state index contributed by atoms with van der Waals surface area (Å²) in [7, 11) is 4.18. The fraction of sp³-hybridized carbons (Fsp3) is 0.274. The van der Waals surface area contributed by atoms with Crippen LogP contribution in [0.5, 0.6) is 0 Å². The summed E-state index contributed by atoms with van der Waals surface area (Å²) in [5.74, 6) is 4.12. The second-order valence-electron chi connectivity index (χ2n) is 19.3. The summed E-state index contributed by atoms with van der Waals surface area (Å²) < 4.78 is 8.97. The molecule has 0 saturated heterocycles. The summed E-state index contributed by atoms with van der Waals surface area (Å²) in [4.78, 5) is 4.88. The van der Waals surface area contributed by atoms with Crippen LogP contribution in [0.3, 0.4) is 0 Å². The Morgan fingerprint density at radius 1 is 0.574 bits per heavy atom. The van der Waals surface area contributed by atoms with Crippen LogP contribution in [0.25, 0.3) is 50.3 Å². The molecule has 0 aliphatic rings. The van der Waals surface area contributed by atoms with E-state index in [0.29, 0.717) is 23.7 Å². The van der Waals surface area contributed by atoms with Gasteiger partial charge in [-0.05, 0) is 106 Å². The molecule has 9 rings (SSSR count). The minimum absolute atomic E-state index is 0. The van der Waals surface area contributed by atoms with E-state index in [9.17, 15) is 0 Å². The predicted molar refractivity (Wildman–Crippen MR) is 283 cm³/mol. The first-order valence-corrected chi connectivity index (χ1v) is 24.4. The molecule has 6 heteroatoms. The normalized spacial score (nSPS) is 11.5. The van der Waals surface area contributed by atoms with Crippen LogP contribution in [-0.4, -0.2) is 18.7 Å². The number of hydrogen-bond donors (Lipinski definition) is 0. The molecule has 350 valence electrons. The zero-order chi connectivity index (χ0) is 47.4. The molecule has 0 fully saturated rings. The average molecular weight is 1080 g/mol. The van der Waals surface area contributed by atoms with Gasteiger partial charge in [-0.25, -0.2) is 4.98 Å².